The van der Waals surface area contributed by atoms with Crippen molar-refractivity contribution < 1.29 is 9.53 Å². The number of halogens is 1. The van der Waals surface area contributed by atoms with Gasteiger partial charge in [0.15, 0.2) is 0 Å². The van der Waals surface area contributed by atoms with Crippen LogP contribution in [0.4, 0.5) is 11.4 Å². The smallest absolute Gasteiger partial charge is 0.259 e. The van der Waals surface area contributed by atoms with Gasteiger partial charge in [-0.2, -0.15) is 5.26 Å². The van der Waals surface area contributed by atoms with E-state index in [-0.39, 0.29) is 0 Å². The summed E-state index contributed by atoms with van der Waals surface area (Å²) in [5, 5.41) is 12.1. The van der Waals surface area contributed by atoms with Crippen molar-refractivity contribution in [1.82, 2.24) is 0 Å². The highest BCUT2D eigenvalue weighted by molar-refractivity contribution is 6.31. The Labute approximate surface area is 126 Å². The molecule has 5 nitrogen and oxygen atoms in total. The first-order valence-electron chi connectivity index (χ1n) is 5.99. The van der Waals surface area contributed by atoms with Gasteiger partial charge in [-0.1, -0.05) is 11.6 Å². The maximum Gasteiger partial charge on any atom is 0.259 e. The normalized spacial score (nSPS) is 9.76. The van der Waals surface area contributed by atoms with Gasteiger partial charge in [-0.05, 0) is 30.3 Å². The summed E-state index contributed by atoms with van der Waals surface area (Å²) in [6.07, 6.45) is 0. The van der Waals surface area contributed by atoms with Crippen molar-refractivity contribution >= 4 is 28.9 Å². The molecule has 0 fully saturated rings. The number of nitrogen functional groups attached to an aromatic ring is 1. The van der Waals surface area contributed by atoms with E-state index in [2.05, 4.69) is 5.32 Å². The molecule has 0 saturated carbocycles. The van der Waals surface area contributed by atoms with Crippen LogP contribution < -0.4 is 15.8 Å². The van der Waals surface area contributed by atoms with E-state index in [4.69, 9.17) is 27.3 Å². The van der Waals surface area contributed by atoms with Gasteiger partial charge in [-0.25, -0.2) is 0 Å². The predicted molar refractivity (Wildman–Crippen MR) is 81.5 cm³/mol. The summed E-state index contributed by atoms with van der Waals surface area (Å²) in [6.45, 7) is 0. The number of anilines is 2. The second kappa shape index (κ2) is 6.16. The largest absolute Gasteiger partial charge is 0.496 e. The van der Waals surface area contributed by atoms with Crippen LogP contribution in [0.15, 0.2) is 36.4 Å². The number of carbonyl (C=O) groups excluding carboxylic acids is 1. The highest BCUT2D eigenvalue weighted by Crippen LogP contribution is 2.25. The summed E-state index contributed by atoms with van der Waals surface area (Å²) < 4.78 is 5.13. The van der Waals surface area contributed by atoms with Gasteiger partial charge in [0.1, 0.15) is 11.8 Å². The summed E-state index contributed by atoms with van der Waals surface area (Å²) in [5.41, 5.74) is 7.12. The van der Waals surface area contributed by atoms with Gasteiger partial charge >= 0.3 is 0 Å². The lowest BCUT2D eigenvalue weighted by Gasteiger charge is -2.11. The lowest BCUT2D eigenvalue weighted by molar-refractivity contribution is 0.102. The van der Waals surface area contributed by atoms with Crippen LogP contribution in [-0.2, 0) is 0 Å². The molecule has 106 valence electrons. The van der Waals surface area contributed by atoms with Crippen LogP contribution in [0.1, 0.15) is 15.9 Å². The van der Waals surface area contributed by atoms with E-state index in [1.807, 2.05) is 6.07 Å². The first-order valence-corrected chi connectivity index (χ1v) is 6.37. The van der Waals surface area contributed by atoms with E-state index in [0.29, 0.717) is 33.3 Å². The average Bonchev–Trinajstić information content (AvgIpc) is 2.47. The molecule has 2 aromatic carbocycles. The number of carbonyl (C=O) groups is 1. The summed E-state index contributed by atoms with van der Waals surface area (Å²) >= 11 is 5.88. The number of amides is 1. The molecule has 0 bridgehead atoms. The van der Waals surface area contributed by atoms with Crippen LogP contribution in [0.5, 0.6) is 5.75 Å². The van der Waals surface area contributed by atoms with Crippen molar-refractivity contribution in [3.63, 3.8) is 0 Å². The van der Waals surface area contributed by atoms with Crippen molar-refractivity contribution in [3.8, 4) is 11.8 Å². The van der Waals surface area contributed by atoms with Crippen molar-refractivity contribution in [2.45, 2.75) is 0 Å². The van der Waals surface area contributed by atoms with Gasteiger partial charge in [0, 0.05) is 16.8 Å². The average molecular weight is 302 g/mol. The number of nitrogens with one attached hydrogen (secondary N) is 1. The molecule has 0 spiro atoms. The molecular formula is C15H12ClN3O2. The van der Waals surface area contributed by atoms with Crippen molar-refractivity contribution in [2.75, 3.05) is 18.2 Å². The number of hydrogen-bond acceptors (Lipinski definition) is 4. The number of hydrogen-bond donors (Lipinski definition) is 2. The van der Waals surface area contributed by atoms with Gasteiger partial charge in [0.25, 0.3) is 5.91 Å². The summed E-state index contributed by atoms with van der Waals surface area (Å²) in [5.74, 6) is -0.0568. The molecule has 0 radical (unpaired) electrons. The molecule has 1 amide bonds. The lowest BCUT2D eigenvalue weighted by atomic mass is 10.1. The zero-order valence-electron chi connectivity index (χ0n) is 11.2. The Kier molecular flexibility index (Phi) is 4.31. The Morgan fingerprint density at radius 2 is 2.10 bits per heavy atom. The minimum absolute atomic E-state index is 0.315. The zero-order chi connectivity index (χ0) is 15.4. The maximum atomic E-state index is 12.3. The summed E-state index contributed by atoms with van der Waals surface area (Å²) in [6, 6.07) is 11.3. The highest BCUT2D eigenvalue weighted by Gasteiger charge is 2.14. The molecule has 0 unspecified atom stereocenters. The number of nitrogens with zero attached hydrogens (tertiary/aromatic N) is 1. The number of rotatable bonds is 3. The quantitative estimate of drug-likeness (QED) is 0.853. The van der Waals surface area contributed by atoms with E-state index in [0.717, 1.165) is 0 Å². The molecule has 0 aromatic heterocycles. The minimum Gasteiger partial charge on any atom is -0.496 e. The third kappa shape index (κ3) is 3.25. The third-order valence-corrected chi connectivity index (χ3v) is 3.06. The topological polar surface area (TPSA) is 88.1 Å². The lowest BCUT2D eigenvalue weighted by Crippen LogP contribution is -2.14. The van der Waals surface area contributed by atoms with Crippen molar-refractivity contribution in [3.05, 3.63) is 52.5 Å². The molecule has 0 aliphatic rings. The van der Waals surface area contributed by atoms with E-state index in [1.165, 1.54) is 19.2 Å². The highest BCUT2D eigenvalue weighted by atomic mass is 35.5. The van der Waals surface area contributed by atoms with E-state index >= 15 is 0 Å². The molecule has 3 N–H and O–H groups in total. The molecule has 0 aliphatic carbocycles. The molecule has 6 heteroatoms. The second-order valence-electron chi connectivity index (χ2n) is 4.22. The summed E-state index contributed by atoms with van der Waals surface area (Å²) in [4.78, 5) is 12.3. The molecule has 0 heterocycles. The minimum atomic E-state index is -0.411. The fourth-order valence-corrected chi connectivity index (χ4v) is 1.97. The maximum absolute atomic E-state index is 12.3. The number of ether oxygens (including phenoxy) is 1. The standard InChI is InChI=1S/C15H12ClN3O2/c1-21-14-7-11(18)4-5-12(14)15(20)19-13-6-10(16)3-2-9(13)8-17/h2-7H,18H2,1H3,(H,19,20). The molecule has 0 atom stereocenters. The zero-order valence-corrected chi connectivity index (χ0v) is 11.9. The molecule has 2 rings (SSSR count). The first kappa shape index (κ1) is 14.7. The van der Waals surface area contributed by atoms with Crippen LogP contribution in [0.25, 0.3) is 0 Å². The molecule has 0 aliphatic heterocycles. The van der Waals surface area contributed by atoms with E-state index in [1.54, 1.807) is 24.3 Å². The fourth-order valence-electron chi connectivity index (χ4n) is 1.80. The van der Waals surface area contributed by atoms with Crippen LogP contribution >= 0.6 is 11.6 Å². The Morgan fingerprint density at radius 1 is 1.33 bits per heavy atom. The van der Waals surface area contributed by atoms with Gasteiger partial charge in [-0.3, -0.25) is 4.79 Å². The predicted octanol–water partition coefficient (Wildman–Crippen LogP) is 3.05. The number of benzene rings is 2. The van der Waals surface area contributed by atoms with Crippen LogP contribution in [0, 0.1) is 11.3 Å². The van der Waals surface area contributed by atoms with Crippen molar-refractivity contribution in [2.24, 2.45) is 0 Å². The second-order valence-corrected chi connectivity index (χ2v) is 4.65. The van der Waals surface area contributed by atoms with E-state index < -0.39 is 5.91 Å². The van der Waals surface area contributed by atoms with Crippen molar-refractivity contribution in [1.29, 1.82) is 5.26 Å². The van der Waals surface area contributed by atoms with Crippen LogP contribution in [0.2, 0.25) is 5.02 Å². The Balaban J connectivity index is 2.35. The third-order valence-electron chi connectivity index (χ3n) is 2.82. The van der Waals surface area contributed by atoms with Gasteiger partial charge < -0.3 is 15.8 Å². The van der Waals surface area contributed by atoms with Gasteiger partial charge in [0.05, 0.1) is 23.9 Å². The monoisotopic (exact) mass is 301 g/mol. The number of nitrogens with two attached hydrogens (primary N) is 1. The molecule has 21 heavy (non-hydrogen) atoms. The van der Waals surface area contributed by atoms with Gasteiger partial charge in [-0.15, -0.1) is 0 Å². The van der Waals surface area contributed by atoms with E-state index in [9.17, 15) is 4.79 Å². The summed E-state index contributed by atoms with van der Waals surface area (Å²) in [7, 11) is 1.45. The Hall–Kier alpha value is -2.71. The molecule has 2 aromatic rings. The van der Waals surface area contributed by atoms with Crippen LogP contribution in [0.3, 0.4) is 0 Å². The number of nitriles is 1. The SMILES string of the molecule is COc1cc(N)ccc1C(=O)Nc1cc(Cl)ccc1C#N. The molecular weight excluding hydrogens is 290 g/mol. The molecule has 0 saturated heterocycles. The Morgan fingerprint density at radius 3 is 2.76 bits per heavy atom. The van der Waals surface area contributed by atoms with Crippen LogP contribution in [-0.4, -0.2) is 13.0 Å². The number of methoxy groups -OCH3 is 1. The Bertz CT molecular complexity index is 738. The first-order chi connectivity index (χ1) is 10.0. The fraction of sp³-hybridized carbons (Fsp3) is 0.0667. The van der Waals surface area contributed by atoms with Gasteiger partial charge in [0.2, 0.25) is 0 Å².